The summed E-state index contributed by atoms with van der Waals surface area (Å²) >= 11 is 3.42. The zero-order valence-electron chi connectivity index (χ0n) is 11.4. The van der Waals surface area contributed by atoms with Crippen molar-refractivity contribution >= 4 is 27.7 Å². The Bertz CT molecular complexity index is 637. The molecule has 0 aliphatic carbocycles. The smallest absolute Gasteiger partial charge is 0.359 e. The average molecular weight is 338 g/mol. The van der Waals surface area contributed by atoms with Crippen LogP contribution < -0.4 is 5.73 Å². The van der Waals surface area contributed by atoms with E-state index in [1.165, 1.54) is 0 Å². The number of nitrogens with two attached hydrogens (primary N) is 1. The van der Waals surface area contributed by atoms with Crippen LogP contribution in [0.4, 0.5) is 5.82 Å². The first-order valence-electron chi connectivity index (χ1n) is 6.27. The predicted molar refractivity (Wildman–Crippen MR) is 80.6 cm³/mol. The minimum Gasteiger partial charge on any atom is -0.461 e. The van der Waals surface area contributed by atoms with E-state index in [1.54, 1.807) is 18.5 Å². The van der Waals surface area contributed by atoms with Crippen molar-refractivity contribution in [2.45, 2.75) is 20.4 Å². The molecule has 0 unspecified atom stereocenters. The van der Waals surface area contributed by atoms with Crippen LogP contribution in [0.15, 0.2) is 28.7 Å². The highest BCUT2D eigenvalue weighted by molar-refractivity contribution is 9.10. The Morgan fingerprint density at radius 3 is 2.90 bits per heavy atom. The highest BCUT2D eigenvalue weighted by Gasteiger charge is 2.19. The molecule has 1 heterocycles. The van der Waals surface area contributed by atoms with Crippen molar-refractivity contribution in [1.82, 2.24) is 9.78 Å². The zero-order valence-corrected chi connectivity index (χ0v) is 13.0. The lowest BCUT2D eigenvalue weighted by Crippen LogP contribution is -2.09. The number of halogens is 1. The van der Waals surface area contributed by atoms with Crippen LogP contribution in [0.1, 0.15) is 28.5 Å². The van der Waals surface area contributed by atoms with E-state index in [0.717, 1.165) is 10.0 Å². The van der Waals surface area contributed by atoms with Crippen LogP contribution in [0.3, 0.4) is 0 Å². The molecule has 2 N–H and O–H groups in total. The molecule has 0 fully saturated rings. The Balaban J connectivity index is 2.29. The number of nitrogens with zero attached hydrogens (tertiary/aromatic N) is 2. The molecule has 1 aromatic carbocycles. The van der Waals surface area contributed by atoms with E-state index in [9.17, 15) is 4.79 Å². The molecule has 0 aliphatic heterocycles. The molecule has 1 aromatic heterocycles. The minimum atomic E-state index is -0.440. The highest BCUT2D eigenvalue weighted by Crippen LogP contribution is 2.19. The molecule has 0 bridgehead atoms. The zero-order chi connectivity index (χ0) is 14.7. The largest absolute Gasteiger partial charge is 0.461 e. The second kappa shape index (κ2) is 6.09. The van der Waals surface area contributed by atoms with Gasteiger partial charge in [-0.1, -0.05) is 28.1 Å². The standard InChI is InChI=1S/C14H16BrN3O2/c1-3-20-14(19)12-9(2)13(16)18(17-12)8-10-5-4-6-11(15)7-10/h4-7H,3,8,16H2,1-2H3. The van der Waals surface area contributed by atoms with E-state index < -0.39 is 5.97 Å². The van der Waals surface area contributed by atoms with E-state index in [4.69, 9.17) is 10.5 Å². The van der Waals surface area contributed by atoms with Gasteiger partial charge < -0.3 is 10.5 Å². The number of anilines is 1. The van der Waals surface area contributed by atoms with Gasteiger partial charge in [-0.25, -0.2) is 9.48 Å². The molecular weight excluding hydrogens is 322 g/mol. The fourth-order valence-corrected chi connectivity index (χ4v) is 2.33. The van der Waals surface area contributed by atoms with Gasteiger partial charge in [0.25, 0.3) is 0 Å². The van der Waals surface area contributed by atoms with Crippen molar-refractivity contribution in [3.8, 4) is 0 Å². The van der Waals surface area contributed by atoms with Crippen LogP contribution in [0, 0.1) is 6.92 Å². The summed E-state index contributed by atoms with van der Waals surface area (Å²) in [6.07, 6.45) is 0. The molecule has 0 spiro atoms. The van der Waals surface area contributed by atoms with Crippen molar-refractivity contribution in [2.24, 2.45) is 0 Å². The molecule has 5 nitrogen and oxygen atoms in total. The number of rotatable bonds is 4. The molecule has 20 heavy (non-hydrogen) atoms. The first-order valence-corrected chi connectivity index (χ1v) is 7.06. The van der Waals surface area contributed by atoms with Crippen LogP contribution in [-0.2, 0) is 11.3 Å². The van der Waals surface area contributed by atoms with E-state index in [0.29, 0.717) is 24.5 Å². The van der Waals surface area contributed by atoms with Gasteiger partial charge in [-0.2, -0.15) is 5.10 Å². The van der Waals surface area contributed by atoms with Crippen LogP contribution >= 0.6 is 15.9 Å². The third-order valence-corrected chi connectivity index (χ3v) is 3.42. The van der Waals surface area contributed by atoms with E-state index in [-0.39, 0.29) is 5.69 Å². The number of nitrogen functional groups attached to an aromatic ring is 1. The molecule has 0 saturated heterocycles. The topological polar surface area (TPSA) is 70.1 Å². The number of hydrogen-bond donors (Lipinski definition) is 1. The number of esters is 1. The average Bonchev–Trinajstić information content (AvgIpc) is 2.68. The Hall–Kier alpha value is -1.82. The third-order valence-electron chi connectivity index (χ3n) is 2.93. The second-order valence-corrected chi connectivity index (χ2v) is 5.28. The fourth-order valence-electron chi connectivity index (χ4n) is 1.89. The van der Waals surface area contributed by atoms with Gasteiger partial charge in [-0.3, -0.25) is 0 Å². The highest BCUT2D eigenvalue weighted by atomic mass is 79.9. The molecule has 6 heteroatoms. The lowest BCUT2D eigenvalue weighted by Gasteiger charge is -2.04. The number of ether oxygens (including phenoxy) is 1. The van der Waals surface area contributed by atoms with Crippen LogP contribution in [0.5, 0.6) is 0 Å². The number of hydrogen-bond acceptors (Lipinski definition) is 4. The molecule has 0 atom stereocenters. The van der Waals surface area contributed by atoms with Gasteiger partial charge in [-0.15, -0.1) is 0 Å². The van der Waals surface area contributed by atoms with Crippen molar-refractivity contribution < 1.29 is 9.53 Å². The van der Waals surface area contributed by atoms with Crippen LogP contribution in [0.2, 0.25) is 0 Å². The summed E-state index contributed by atoms with van der Waals surface area (Å²) in [5.41, 5.74) is 7.98. The van der Waals surface area contributed by atoms with Crippen LogP contribution in [-0.4, -0.2) is 22.4 Å². The maximum absolute atomic E-state index is 11.8. The van der Waals surface area contributed by atoms with Gasteiger partial charge in [0.15, 0.2) is 5.69 Å². The Morgan fingerprint density at radius 2 is 2.25 bits per heavy atom. The summed E-state index contributed by atoms with van der Waals surface area (Å²) in [6, 6.07) is 7.86. The van der Waals surface area contributed by atoms with E-state index >= 15 is 0 Å². The van der Waals surface area contributed by atoms with Gasteiger partial charge in [0.2, 0.25) is 0 Å². The molecule has 0 saturated carbocycles. The summed E-state index contributed by atoms with van der Waals surface area (Å²) in [7, 11) is 0. The van der Waals surface area contributed by atoms with Crippen molar-refractivity contribution in [3.63, 3.8) is 0 Å². The van der Waals surface area contributed by atoms with Crippen LogP contribution in [0.25, 0.3) is 0 Å². The lowest BCUT2D eigenvalue weighted by atomic mass is 10.2. The lowest BCUT2D eigenvalue weighted by molar-refractivity contribution is 0.0517. The summed E-state index contributed by atoms with van der Waals surface area (Å²) in [4.78, 5) is 11.8. The summed E-state index contributed by atoms with van der Waals surface area (Å²) in [6.45, 7) is 4.35. The number of benzene rings is 1. The molecule has 106 valence electrons. The predicted octanol–water partition coefficient (Wildman–Crippen LogP) is 2.76. The van der Waals surface area contributed by atoms with Gasteiger partial charge in [0, 0.05) is 10.0 Å². The minimum absolute atomic E-state index is 0.277. The first kappa shape index (κ1) is 14.6. The Labute approximate surface area is 125 Å². The second-order valence-electron chi connectivity index (χ2n) is 4.37. The summed E-state index contributed by atoms with van der Waals surface area (Å²) in [5, 5.41) is 4.25. The van der Waals surface area contributed by atoms with Gasteiger partial charge in [-0.05, 0) is 31.5 Å². The third kappa shape index (κ3) is 3.01. The van der Waals surface area contributed by atoms with Gasteiger partial charge in [0.05, 0.1) is 13.2 Å². The van der Waals surface area contributed by atoms with Crippen molar-refractivity contribution in [1.29, 1.82) is 0 Å². The van der Waals surface area contributed by atoms with E-state index in [1.807, 2.05) is 24.3 Å². The molecule has 0 amide bonds. The van der Waals surface area contributed by atoms with Crippen molar-refractivity contribution in [3.05, 3.63) is 45.6 Å². The van der Waals surface area contributed by atoms with Gasteiger partial charge >= 0.3 is 5.97 Å². The molecule has 2 rings (SSSR count). The fraction of sp³-hybridized carbons (Fsp3) is 0.286. The molecule has 0 radical (unpaired) electrons. The normalized spacial score (nSPS) is 10.6. The van der Waals surface area contributed by atoms with Gasteiger partial charge in [0.1, 0.15) is 5.82 Å². The Kier molecular flexibility index (Phi) is 4.44. The van der Waals surface area contributed by atoms with Crippen molar-refractivity contribution in [2.75, 3.05) is 12.3 Å². The molecule has 0 aliphatic rings. The first-order chi connectivity index (χ1) is 9.52. The number of aromatic nitrogens is 2. The van der Waals surface area contributed by atoms with E-state index in [2.05, 4.69) is 21.0 Å². The Morgan fingerprint density at radius 1 is 1.50 bits per heavy atom. The molecule has 2 aromatic rings. The SMILES string of the molecule is CCOC(=O)c1nn(Cc2cccc(Br)c2)c(N)c1C. The summed E-state index contributed by atoms with van der Waals surface area (Å²) in [5.74, 6) is 0.0396. The number of carbonyl (C=O) groups excluding carboxylic acids is 1. The summed E-state index contributed by atoms with van der Waals surface area (Å²) < 4.78 is 7.57. The maximum Gasteiger partial charge on any atom is 0.359 e. The number of carbonyl (C=O) groups is 1. The monoisotopic (exact) mass is 337 g/mol. The molecular formula is C14H16BrN3O2. The quantitative estimate of drug-likeness (QED) is 0.871. The maximum atomic E-state index is 11.8.